The van der Waals surface area contributed by atoms with Gasteiger partial charge < -0.3 is 19.1 Å². The average Bonchev–Trinajstić information content (AvgIpc) is 2.64. The number of piperidine rings is 1. The number of aryl methyl sites for hydroxylation is 1. The monoisotopic (exact) mass is 335 g/mol. The van der Waals surface area contributed by atoms with Gasteiger partial charge >= 0.3 is 0 Å². The van der Waals surface area contributed by atoms with Crippen molar-refractivity contribution in [2.45, 2.75) is 45.1 Å². The second-order valence-corrected chi connectivity index (χ2v) is 6.10. The molecule has 1 atom stereocenters. The number of benzene rings is 1. The first-order valence-electron chi connectivity index (χ1n) is 8.77. The van der Waals surface area contributed by atoms with Crippen molar-refractivity contribution >= 4 is 5.91 Å². The highest BCUT2D eigenvalue weighted by molar-refractivity contribution is 5.77. The molecule has 1 aromatic rings. The number of carbonyl (C=O) groups is 1. The molecule has 0 aromatic heterocycles. The molecule has 1 fully saturated rings. The molecule has 1 aliphatic heterocycles. The Bertz CT molecular complexity index is 532. The molecule has 1 aliphatic rings. The van der Waals surface area contributed by atoms with Crippen LogP contribution in [0.4, 0.5) is 0 Å². The first kappa shape index (κ1) is 18.6. The Kier molecular flexibility index (Phi) is 7.37. The van der Waals surface area contributed by atoms with E-state index in [0.29, 0.717) is 12.6 Å². The van der Waals surface area contributed by atoms with E-state index in [2.05, 4.69) is 6.07 Å². The Morgan fingerprint density at radius 1 is 1.21 bits per heavy atom. The SMILES string of the molecule is CCOCC(=O)N1CCCC[C@H]1CCc1ccc(OC)c(OC)c1. The summed E-state index contributed by atoms with van der Waals surface area (Å²) in [5, 5.41) is 0. The Labute approximate surface area is 144 Å². The third-order valence-electron chi connectivity index (χ3n) is 4.59. The lowest BCUT2D eigenvalue weighted by Gasteiger charge is -2.36. The van der Waals surface area contributed by atoms with Crippen LogP contribution in [0, 0.1) is 0 Å². The molecule has 2 rings (SSSR count). The molecular formula is C19H29NO4. The summed E-state index contributed by atoms with van der Waals surface area (Å²) in [6.07, 6.45) is 5.24. The maximum Gasteiger partial charge on any atom is 0.248 e. The van der Waals surface area contributed by atoms with Crippen LogP contribution in [0.2, 0.25) is 0 Å². The lowest BCUT2D eigenvalue weighted by molar-refractivity contribution is -0.139. The molecule has 0 unspecified atom stereocenters. The van der Waals surface area contributed by atoms with Crippen molar-refractivity contribution in [2.24, 2.45) is 0 Å². The number of methoxy groups -OCH3 is 2. The van der Waals surface area contributed by atoms with Crippen molar-refractivity contribution in [3.63, 3.8) is 0 Å². The average molecular weight is 335 g/mol. The molecule has 0 bridgehead atoms. The highest BCUT2D eigenvalue weighted by Crippen LogP contribution is 2.29. The third-order valence-corrected chi connectivity index (χ3v) is 4.59. The molecule has 0 aliphatic carbocycles. The van der Waals surface area contributed by atoms with Crippen LogP contribution in [0.3, 0.4) is 0 Å². The Balaban J connectivity index is 1.96. The van der Waals surface area contributed by atoms with Crippen LogP contribution in [0.15, 0.2) is 18.2 Å². The van der Waals surface area contributed by atoms with Gasteiger partial charge in [-0.3, -0.25) is 4.79 Å². The summed E-state index contributed by atoms with van der Waals surface area (Å²) >= 11 is 0. The van der Waals surface area contributed by atoms with E-state index in [1.54, 1.807) is 14.2 Å². The summed E-state index contributed by atoms with van der Waals surface area (Å²) < 4.78 is 15.9. The number of rotatable bonds is 8. The van der Waals surface area contributed by atoms with Crippen LogP contribution in [0.5, 0.6) is 11.5 Å². The quantitative estimate of drug-likeness (QED) is 0.732. The summed E-state index contributed by atoms with van der Waals surface area (Å²) in [5.41, 5.74) is 1.20. The van der Waals surface area contributed by atoms with Gasteiger partial charge in [0.05, 0.1) is 14.2 Å². The van der Waals surface area contributed by atoms with Crippen LogP contribution < -0.4 is 9.47 Å². The minimum absolute atomic E-state index is 0.119. The first-order valence-corrected chi connectivity index (χ1v) is 8.77. The number of hydrogen-bond donors (Lipinski definition) is 0. The standard InChI is InChI=1S/C19H29NO4/c1-4-24-14-19(21)20-12-6-5-7-16(20)10-8-15-9-11-17(22-2)18(13-15)23-3/h9,11,13,16H,4-8,10,12,14H2,1-3H3/t16-/m0/s1. The molecule has 0 spiro atoms. The van der Waals surface area contributed by atoms with Gasteiger partial charge in [0, 0.05) is 19.2 Å². The summed E-state index contributed by atoms with van der Waals surface area (Å²) in [4.78, 5) is 14.3. The summed E-state index contributed by atoms with van der Waals surface area (Å²) in [6, 6.07) is 6.33. The van der Waals surface area contributed by atoms with Crippen molar-refractivity contribution in [2.75, 3.05) is 34.0 Å². The third kappa shape index (κ3) is 4.87. The zero-order chi connectivity index (χ0) is 17.4. The molecule has 1 amide bonds. The van der Waals surface area contributed by atoms with Crippen LogP contribution in [0.1, 0.15) is 38.2 Å². The summed E-state index contributed by atoms with van der Waals surface area (Å²) in [7, 11) is 3.29. The van der Waals surface area contributed by atoms with Gasteiger partial charge in [0.15, 0.2) is 11.5 Å². The lowest BCUT2D eigenvalue weighted by atomic mass is 9.95. The van der Waals surface area contributed by atoms with Crippen LogP contribution >= 0.6 is 0 Å². The fourth-order valence-corrected chi connectivity index (χ4v) is 3.27. The van der Waals surface area contributed by atoms with Crippen LogP contribution in [0.25, 0.3) is 0 Å². The Morgan fingerprint density at radius 2 is 2.00 bits per heavy atom. The van der Waals surface area contributed by atoms with E-state index in [1.165, 1.54) is 12.0 Å². The number of nitrogens with zero attached hydrogens (tertiary/aromatic N) is 1. The predicted octanol–water partition coefficient (Wildman–Crippen LogP) is 3.05. The van der Waals surface area contributed by atoms with Crippen molar-refractivity contribution < 1.29 is 19.0 Å². The molecule has 5 nitrogen and oxygen atoms in total. The van der Waals surface area contributed by atoms with Gasteiger partial charge in [-0.05, 0) is 56.7 Å². The van der Waals surface area contributed by atoms with E-state index in [1.807, 2.05) is 24.0 Å². The van der Waals surface area contributed by atoms with Gasteiger partial charge in [0.2, 0.25) is 5.91 Å². The predicted molar refractivity (Wildman–Crippen MR) is 93.7 cm³/mol. The molecule has 24 heavy (non-hydrogen) atoms. The zero-order valence-corrected chi connectivity index (χ0v) is 15.0. The molecule has 1 saturated heterocycles. The fourth-order valence-electron chi connectivity index (χ4n) is 3.27. The van der Waals surface area contributed by atoms with Gasteiger partial charge in [-0.25, -0.2) is 0 Å². The number of carbonyl (C=O) groups excluding carboxylic acids is 1. The minimum Gasteiger partial charge on any atom is -0.493 e. The molecule has 5 heteroatoms. The molecule has 0 saturated carbocycles. The number of ether oxygens (including phenoxy) is 3. The van der Waals surface area contributed by atoms with E-state index in [0.717, 1.165) is 43.7 Å². The van der Waals surface area contributed by atoms with Gasteiger partial charge in [0.1, 0.15) is 6.61 Å². The van der Waals surface area contributed by atoms with E-state index in [9.17, 15) is 4.79 Å². The zero-order valence-electron chi connectivity index (χ0n) is 15.0. The second kappa shape index (κ2) is 9.52. The van der Waals surface area contributed by atoms with Gasteiger partial charge in [-0.2, -0.15) is 0 Å². The highest BCUT2D eigenvalue weighted by atomic mass is 16.5. The van der Waals surface area contributed by atoms with Crippen molar-refractivity contribution in [1.82, 2.24) is 4.90 Å². The smallest absolute Gasteiger partial charge is 0.248 e. The lowest BCUT2D eigenvalue weighted by Crippen LogP contribution is -2.45. The van der Waals surface area contributed by atoms with Crippen LogP contribution in [-0.2, 0) is 16.0 Å². The highest BCUT2D eigenvalue weighted by Gasteiger charge is 2.26. The summed E-state index contributed by atoms with van der Waals surface area (Å²) in [5.74, 6) is 1.62. The van der Waals surface area contributed by atoms with Gasteiger partial charge in [-0.15, -0.1) is 0 Å². The molecule has 134 valence electrons. The normalized spacial score (nSPS) is 17.6. The van der Waals surface area contributed by atoms with Gasteiger partial charge in [0.25, 0.3) is 0 Å². The Hall–Kier alpha value is -1.75. The molecule has 1 heterocycles. The molecule has 0 N–H and O–H groups in total. The maximum absolute atomic E-state index is 12.3. The van der Waals surface area contributed by atoms with Crippen molar-refractivity contribution in [3.05, 3.63) is 23.8 Å². The topological polar surface area (TPSA) is 48.0 Å². The minimum atomic E-state index is 0.119. The molecular weight excluding hydrogens is 306 g/mol. The Morgan fingerprint density at radius 3 is 2.71 bits per heavy atom. The molecule has 1 aromatic carbocycles. The fraction of sp³-hybridized carbons (Fsp3) is 0.632. The van der Waals surface area contributed by atoms with E-state index >= 15 is 0 Å². The first-order chi connectivity index (χ1) is 11.7. The largest absolute Gasteiger partial charge is 0.493 e. The van der Waals surface area contributed by atoms with Crippen molar-refractivity contribution in [1.29, 1.82) is 0 Å². The number of likely N-dealkylation sites (tertiary alicyclic amines) is 1. The number of hydrogen-bond acceptors (Lipinski definition) is 4. The van der Waals surface area contributed by atoms with E-state index in [-0.39, 0.29) is 12.5 Å². The van der Waals surface area contributed by atoms with E-state index in [4.69, 9.17) is 14.2 Å². The van der Waals surface area contributed by atoms with Gasteiger partial charge in [-0.1, -0.05) is 6.07 Å². The van der Waals surface area contributed by atoms with Crippen LogP contribution in [-0.4, -0.2) is 50.8 Å². The summed E-state index contributed by atoms with van der Waals surface area (Å²) in [6.45, 7) is 3.54. The van der Waals surface area contributed by atoms with E-state index < -0.39 is 0 Å². The molecule has 0 radical (unpaired) electrons. The number of amides is 1. The maximum atomic E-state index is 12.3. The second-order valence-electron chi connectivity index (χ2n) is 6.10. The van der Waals surface area contributed by atoms with Crippen molar-refractivity contribution in [3.8, 4) is 11.5 Å².